The SMILES string of the molecule is Cc1noc(-c2ccc(C(=O)Oc3ccccc3)cc2)n1. The van der Waals surface area contributed by atoms with Crippen LogP contribution in [0.1, 0.15) is 16.2 Å². The molecule has 0 spiro atoms. The zero-order valence-electron chi connectivity index (χ0n) is 11.3. The summed E-state index contributed by atoms with van der Waals surface area (Å²) in [7, 11) is 0. The molecular weight excluding hydrogens is 268 g/mol. The number of benzene rings is 2. The molecule has 0 aliphatic carbocycles. The Labute approximate surface area is 121 Å². The molecule has 3 aromatic rings. The third-order valence-electron chi connectivity index (χ3n) is 2.85. The Bertz CT molecular complexity index is 749. The topological polar surface area (TPSA) is 65.2 Å². The third-order valence-corrected chi connectivity index (χ3v) is 2.85. The summed E-state index contributed by atoms with van der Waals surface area (Å²) < 4.78 is 10.3. The summed E-state index contributed by atoms with van der Waals surface area (Å²) in [6.07, 6.45) is 0. The van der Waals surface area contributed by atoms with Gasteiger partial charge in [0.1, 0.15) is 5.75 Å². The Morgan fingerprint density at radius 2 is 1.76 bits per heavy atom. The molecular formula is C16H12N2O3. The Balaban J connectivity index is 1.76. The highest BCUT2D eigenvalue weighted by Gasteiger charge is 2.10. The van der Waals surface area contributed by atoms with Gasteiger partial charge in [0.05, 0.1) is 5.56 Å². The van der Waals surface area contributed by atoms with Gasteiger partial charge < -0.3 is 9.26 Å². The number of rotatable bonds is 3. The van der Waals surface area contributed by atoms with Crippen molar-refractivity contribution in [2.45, 2.75) is 6.92 Å². The van der Waals surface area contributed by atoms with Crippen molar-refractivity contribution in [2.75, 3.05) is 0 Å². The second-order valence-electron chi connectivity index (χ2n) is 4.43. The minimum atomic E-state index is -0.408. The van der Waals surface area contributed by atoms with Crippen LogP contribution in [0.25, 0.3) is 11.5 Å². The van der Waals surface area contributed by atoms with Crippen molar-refractivity contribution < 1.29 is 14.1 Å². The van der Waals surface area contributed by atoms with Gasteiger partial charge in [-0.05, 0) is 43.3 Å². The normalized spacial score (nSPS) is 10.3. The largest absolute Gasteiger partial charge is 0.423 e. The van der Waals surface area contributed by atoms with Gasteiger partial charge in [-0.3, -0.25) is 0 Å². The number of hydrogen-bond donors (Lipinski definition) is 0. The van der Waals surface area contributed by atoms with Crippen LogP contribution in [0.4, 0.5) is 0 Å². The summed E-state index contributed by atoms with van der Waals surface area (Å²) in [5, 5.41) is 3.73. The van der Waals surface area contributed by atoms with Gasteiger partial charge in [-0.25, -0.2) is 4.79 Å². The Hall–Kier alpha value is -2.95. The maximum atomic E-state index is 12.0. The molecule has 1 heterocycles. The molecule has 1 aromatic heterocycles. The van der Waals surface area contributed by atoms with Gasteiger partial charge in [-0.15, -0.1) is 0 Å². The highest BCUT2D eigenvalue weighted by molar-refractivity contribution is 5.91. The molecule has 0 saturated carbocycles. The van der Waals surface area contributed by atoms with E-state index in [-0.39, 0.29) is 0 Å². The Kier molecular flexibility index (Phi) is 3.47. The summed E-state index contributed by atoms with van der Waals surface area (Å²) in [6, 6.07) is 15.8. The van der Waals surface area contributed by atoms with Crippen molar-refractivity contribution in [3.8, 4) is 17.2 Å². The van der Waals surface area contributed by atoms with Gasteiger partial charge in [0.25, 0.3) is 5.89 Å². The number of hydrogen-bond acceptors (Lipinski definition) is 5. The average Bonchev–Trinajstić information content (AvgIpc) is 2.95. The van der Waals surface area contributed by atoms with Crippen LogP contribution in [0.3, 0.4) is 0 Å². The quantitative estimate of drug-likeness (QED) is 0.544. The van der Waals surface area contributed by atoms with E-state index in [1.54, 1.807) is 43.3 Å². The van der Waals surface area contributed by atoms with E-state index in [4.69, 9.17) is 9.26 Å². The minimum Gasteiger partial charge on any atom is -0.423 e. The molecule has 5 heteroatoms. The summed E-state index contributed by atoms with van der Waals surface area (Å²) in [5.41, 5.74) is 1.21. The van der Waals surface area contributed by atoms with Crippen LogP contribution in [-0.2, 0) is 0 Å². The van der Waals surface area contributed by atoms with Gasteiger partial charge in [-0.1, -0.05) is 23.4 Å². The van der Waals surface area contributed by atoms with Gasteiger partial charge in [0, 0.05) is 5.56 Å². The Morgan fingerprint density at radius 1 is 1.05 bits per heavy atom. The molecule has 0 N–H and O–H groups in total. The molecule has 0 amide bonds. The molecule has 3 rings (SSSR count). The number of carbonyl (C=O) groups excluding carboxylic acids is 1. The number of nitrogens with zero attached hydrogens (tertiary/aromatic N) is 2. The van der Waals surface area contributed by atoms with E-state index in [1.165, 1.54) is 0 Å². The smallest absolute Gasteiger partial charge is 0.343 e. The maximum Gasteiger partial charge on any atom is 0.343 e. The molecule has 0 saturated heterocycles. The highest BCUT2D eigenvalue weighted by Crippen LogP contribution is 2.18. The molecule has 0 radical (unpaired) electrons. The number of aromatic nitrogens is 2. The first-order valence-corrected chi connectivity index (χ1v) is 6.40. The third kappa shape index (κ3) is 2.97. The van der Waals surface area contributed by atoms with E-state index in [2.05, 4.69) is 10.1 Å². The number of esters is 1. The molecule has 0 atom stereocenters. The minimum absolute atomic E-state index is 0.408. The Morgan fingerprint density at radius 3 is 2.38 bits per heavy atom. The number of para-hydroxylation sites is 1. The molecule has 5 nitrogen and oxygen atoms in total. The van der Waals surface area contributed by atoms with Crippen LogP contribution in [-0.4, -0.2) is 16.1 Å². The first kappa shape index (κ1) is 13.1. The first-order chi connectivity index (χ1) is 10.2. The summed E-state index contributed by atoms with van der Waals surface area (Å²) in [5.74, 6) is 1.10. The van der Waals surface area contributed by atoms with Crippen LogP contribution in [0.15, 0.2) is 59.1 Å². The predicted molar refractivity (Wildman–Crippen MR) is 75.9 cm³/mol. The maximum absolute atomic E-state index is 12.0. The molecule has 104 valence electrons. The molecule has 21 heavy (non-hydrogen) atoms. The van der Waals surface area contributed by atoms with Crippen molar-refractivity contribution >= 4 is 5.97 Å². The average molecular weight is 280 g/mol. The molecule has 0 aliphatic heterocycles. The van der Waals surface area contributed by atoms with E-state index in [9.17, 15) is 4.79 Å². The van der Waals surface area contributed by atoms with Gasteiger partial charge in [-0.2, -0.15) is 4.98 Å². The molecule has 0 aliphatic rings. The number of carbonyl (C=O) groups is 1. The van der Waals surface area contributed by atoms with Crippen molar-refractivity contribution in [2.24, 2.45) is 0 Å². The fraction of sp³-hybridized carbons (Fsp3) is 0.0625. The van der Waals surface area contributed by atoms with Gasteiger partial charge in [0.15, 0.2) is 5.82 Å². The predicted octanol–water partition coefficient (Wildman–Crippen LogP) is 3.26. The standard InChI is InChI=1S/C16H12N2O3/c1-11-17-15(21-18-11)12-7-9-13(10-8-12)16(19)20-14-5-3-2-4-6-14/h2-10H,1H3. The fourth-order valence-electron chi connectivity index (χ4n) is 1.82. The van der Waals surface area contributed by atoms with Crippen molar-refractivity contribution in [3.05, 3.63) is 66.0 Å². The lowest BCUT2D eigenvalue weighted by atomic mass is 10.1. The van der Waals surface area contributed by atoms with Crippen LogP contribution in [0.5, 0.6) is 5.75 Å². The summed E-state index contributed by atoms with van der Waals surface area (Å²) in [6.45, 7) is 1.75. The lowest BCUT2D eigenvalue weighted by molar-refractivity contribution is 0.0735. The van der Waals surface area contributed by atoms with Crippen molar-refractivity contribution in [1.82, 2.24) is 10.1 Å². The summed E-state index contributed by atoms with van der Waals surface area (Å²) in [4.78, 5) is 16.1. The van der Waals surface area contributed by atoms with Crippen molar-refractivity contribution in [3.63, 3.8) is 0 Å². The van der Waals surface area contributed by atoms with Gasteiger partial charge >= 0.3 is 5.97 Å². The van der Waals surface area contributed by atoms with Crippen LogP contribution in [0.2, 0.25) is 0 Å². The van der Waals surface area contributed by atoms with E-state index < -0.39 is 5.97 Å². The lowest BCUT2D eigenvalue weighted by Crippen LogP contribution is -2.08. The summed E-state index contributed by atoms with van der Waals surface area (Å²) >= 11 is 0. The second kappa shape index (κ2) is 5.58. The van der Waals surface area contributed by atoms with Crippen LogP contribution in [0, 0.1) is 6.92 Å². The lowest BCUT2D eigenvalue weighted by Gasteiger charge is -2.04. The zero-order chi connectivity index (χ0) is 14.7. The number of ether oxygens (including phenoxy) is 1. The first-order valence-electron chi connectivity index (χ1n) is 6.40. The second-order valence-corrected chi connectivity index (χ2v) is 4.43. The zero-order valence-corrected chi connectivity index (χ0v) is 11.3. The van der Waals surface area contributed by atoms with Crippen molar-refractivity contribution in [1.29, 1.82) is 0 Å². The highest BCUT2D eigenvalue weighted by atomic mass is 16.5. The molecule has 2 aromatic carbocycles. The molecule has 0 unspecified atom stereocenters. The van der Waals surface area contributed by atoms with Crippen LogP contribution >= 0.6 is 0 Å². The molecule has 0 fully saturated rings. The van der Waals surface area contributed by atoms with E-state index in [0.717, 1.165) is 5.56 Å². The van der Waals surface area contributed by atoms with E-state index >= 15 is 0 Å². The fourth-order valence-corrected chi connectivity index (χ4v) is 1.82. The van der Waals surface area contributed by atoms with Gasteiger partial charge in [0.2, 0.25) is 0 Å². The van der Waals surface area contributed by atoms with E-state index in [1.807, 2.05) is 18.2 Å². The monoisotopic (exact) mass is 280 g/mol. The number of aryl methyl sites for hydroxylation is 1. The van der Waals surface area contributed by atoms with E-state index in [0.29, 0.717) is 23.0 Å². The van der Waals surface area contributed by atoms with Crippen LogP contribution < -0.4 is 4.74 Å². The molecule has 0 bridgehead atoms.